The fourth-order valence-corrected chi connectivity index (χ4v) is 2.61. The first-order valence-electron chi connectivity index (χ1n) is 6.49. The number of hydrogen-bond acceptors (Lipinski definition) is 3. The SMILES string of the molecule is CN(c1ccc(NC(=O)c2c(F)cccc2Cl)cc1)S(C)(=O)=O. The predicted octanol–water partition coefficient (Wildman–Crippen LogP) is 3.13. The number of benzene rings is 2. The molecule has 5 nitrogen and oxygen atoms in total. The summed E-state index contributed by atoms with van der Waals surface area (Å²) < 4.78 is 37.7. The smallest absolute Gasteiger partial charge is 0.260 e. The van der Waals surface area contributed by atoms with Gasteiger partial charge in [-0.25, -0.2) is 12.8 Å². The Morgan fingerprint density at radius 3 is 2.30 bits per heavy atom. The molecular formula is C15H14ClFN2O3S. The number of anilines is 2. The highest BCUT2D eigenvalue weighted by atomic mass is 35.5. The van der Waals surface area contributed by atoms with E-state index >= 15 is 0 Å². The van der Waals surface area contributed by atoms with E-state index < -0.39 is 21.7 Å². The van der Waals surface area contributed by atoms with Crippen LogP contribution in [-0.4, -0.2) is 27.6 Å². The first-order valence-corrected chi connectivity index (χ1v) is 8.72. The van der Waals surface area contributed by atoms with Gasteiger partial charge in [0.05, 0.1) is 22.5 Å². The Bertz CT molecular complexity index is 818. The van der Waals surface area contributed by atoms with E-state index in [1.807, 2.05) is 0 Å². The van der Waals surface area contributed by atoms with E-state index in [2.05, 4.69) is 5.32 Å². The zero-order valence-electron chi connectivity index (χ0n) is 12.4. The van der Waals surface area contributed by atoms with E-state index in [4.69, 9.17) is 11.6 Å². The third-order valence-electron chi connectivity index (χ3n) is 3.18. The normalized spacial score (nSPS) is 11.1. The molecule has 0 spiro atoms. The minimum absolute atomic E-state index is 0.0101. The molecule has 0 radical (unpaired) electrons. The Morgan fingerprint density at radius 1 is 1.17 bits per heavy atom. The van der Waals surface area contributed by atoms with Crippen molar-refractivity contribution < 1.29 is 17.6 Å². The molecule has 0 saturated carbocycles. The molecule has 1 N–H and O–H groups in total. The lowest BCUT2D eigenvalue weighted by atomic mass is 10.2. The number of nitrogens with one attached hydrogen (secondary N) is 1. The number of rotatable bonds is 4. The number of nitrogens with zero attached hydrogens (tertiary/aromatic N) is 1. The predicted molar refractivity (Wildman–Crippen MR) is 89.1 cm³/mol. The van der Waals surface area contributed by atoms with Gasteiger partial charge in [-0.2, -0.15) is 0 Å². The number of halogens is 2. The summed E-state index contributed by atoms with van der Waals surface area (Å²) in [6.07, 6.45) is 1.09. The van der Waals surface area contributed by atoms with Crippen molar-refractivity contribution in [2.75, 3.05) is 22.9 Å². The summed E-state index contributed by atoms with van der Waals surface area (Å²) in [5, 5.41) is 2.52. The number of amides is 1. The van der Waals surface area contributed by atoms with E-state index in [1.165, 1.54) is 43.4 Å². The Balaban J connectivity index is 2.20. The highest BCUT2D eigenvalue weighted by molar-refractivity contribution is 7.92. The second-order valence-corrected chi connectivity index (χ2v) is 7.25. The average Bonchev–Trinajstić information content (AvgIpc) is 2.46. The lowest BCUT2D eigenvalue weighted by Crippen LogP contribution is -2.24. The minimum atomic E-state index is -3.37. The zero-order valence-corrected chi connectivity index (χ0v) is 14.0. The van der Waals surface area contributed by atoms with Crippen LogP contribution in [0.15, 0.2) is 42.5 Å². The second-order valence-electron chi connectivity index (χ2n) is 4.83. The first-order chi connectivity index (χ1) is 10.7. The monoisotopic (exact) mass is 356 g/mol. The Morgan fingerprint density at radius 2 is 1.78 bits per heavy atom. The highest BCUT2D eigenvalue weighted by Crippen LogP contribution is 2.22. The summed E-state index contributed by atoms with van der Waals surface area (Å²) in [6.45, 7) is 0. The summed E-state index contributed by atoms with van der Waals surface area (Å²) in [4.78, 5) is 12.1. The van der Waals surface area contributed by atoms with Crippen LogP contribution < -0.4 is 9.62 Å². The summed E-state index contributed by atoms with van der Waals surface area (Å²) in [7, 11) is -1.95. The molecule has 2 aromatic rings. The Hall–Kier alpha value is -2.12. The van der Waals surface area contributed by atoms with Crippen molar-refractivity contribution in [3.8, 4) is 0 Å². The fourth-order valence-electron chi connectivity index (χ4n) is 1.85. The standard InChI is InChI=1S/C15H14ClFN2O3S/c1-19(23(2,21)22)11-8-6-10(7-9-11)18-15(20)14-12(16)4-3-5-13(14)17/h3-9H,1-2H3,(H,18,20). The van der Waals surface area contributed by atoms with Gasteiger partial charge in [-0.15, -0.1) is 0 Å². The molecule has 122 valence electrons. The lowest BCUT2D eigenvalue weighted by Gasteiger charge is -2.17. The molecule has 23 heavy (non-hydrogen) atoms. The van der Waals surface area contributed by atoms with Crippen molar-refractivity contribution in [3.05, 3.63) is 58.9 Å². The molecule has 8 heteroatoms. The van der Waals surface area contributed by atoms with E-state index in [-0.39, 0.29) is 10.6 Å². The molecule has 2 aromatic carbocycles. The van der Waals surface area contributed by atoms with Crippen LogP contribution in [0.1, 0.15) is 10.4 Å². The van der Waals surface area contributed by atoms with Gasteiger partial charge in [0, 0.05) is 12.7 Å². The van der Waals surface area contributed by atoms with Gasteiger partial charge < -0.3 is 5.32 Å². The zero-order chi connectivity index (χ0) is 17.2. The molecule has 0 atom stereocenters. The molecule has 2 rings (SSSR count). The number of carbonyl (C=O) groups is 1. The van der Waals surface area contributed by atoms with Crippen LogP contribution in [0.2, 0.25) is 5.02 Å². The van der Waals surface area contributed by atoms with Crippen LogP contribution in [0.4, 0.5) is 15.8 Å². The molecule has 0 unspecified atom stereocenters. The lowest BCUT2D eigenvalue weighted by molar-refractivity contribution is 0.102. The van der Waals surface area contributed by atoms with E-state index in [0.717, 1.165) is 16.6 Å². The van der Waals surface area contributed by atoms with Gasteiger partial charge in [-0.1, -0.05) is 17.7 Å². The molecule has 0 heterocycles. The summed E-state index contributed by atoms with van der Waals surface area (Å²) >= 11 is 5.83. The molecule has 0 aromatic heterocycles. The van der Waals surface area contributed by atoms with Crippen molar-refractivity contribution in [1.82, 2.24) is 0 Å². The number of hydrogen-bond donors (Lipinski definition) is 1. The highest BCUT2D eigenvalue weighted by Gasteiger charge is 2.16. The third-order valence-corrected chi connectivity index (χ3v) is 4.70. The topological polar surface area (TPSA) is 66.5 Å². The molecule has 0 bridgehead atoms. The Labute approximate surface area is 138 Å². The first kappa shape index (κ1) is 17.2. The van der Waals surface area contributed by atoms with Gasteiger partial charge in [0.2, 0.25) is 10.0 Å². The van der Waals surface area contributed by atoms with Gasteiger partial charge in [0.15, 0.2) is 0 Å². The van der Waals surface area contributed by atoms with Crippen LogP contribution in [0.3, 0.4) is 0 Å². The molecule has 0 fully saturated rings. The van der Waals surface area contributed by atoms with Crippen molar-refractivity contribution in [2.45, 2.75) is 0 Å². The van der Waals surface area contributed by atoms with Crippen LogP contribution in [0.25, 0.3) is 0 Å². The fraction of sp³-hybridized carbons (Fsp3) is 0.133. The molecule has 0 aliphatic carbocycles. The van der Waals surface area contributed by atoms with Gasteiger partial charge in [-0.3, -0.25) is 9.10 Å². The van der Waals surface area contributed by atoms with Crippen molar-refractivity contribution in [2.24, 2.45) is 0 Å². The van der Waals surface area contributed by atoms with Crippen LogP contribution in [0, 0.1) is 5.82 Å². The van der Waals surface area contributed by atoms with Gasteiger partial charge in [0.25, 0.3) is 5.91 Å². The molecule has 0 aliphatic heterocycles. The molecule has 0 aliphatic rings. The quantitative estimate of drug-likeness (QED) is 0.915. The second kappa shape index (κ2) is 6.55. The maximum Gasteiger partial charge on any atom is 0.260 e. The molecule has 1 amide bonds. The van der Waals surface area contributed by atoms with Gasteiger partial charge in [-0.05, 0) is 36.4 Å². The maximum atomic E-state index is 13.7. The van der Waals surface area contributed by atoms with E-state index in [9.17, 15) is 17.6 Å². The summed E-state index contributed by atoms with van der Waals surface area (Å²) in [5.41, 5.74) is 0.584. The van der Waals surface area contributed by atoms with Crippen molar-refractivity contribution in [1.29, 1.82) is 0 Å². The summed E-state index contributed by atoms with van der Waals surface area (Å²) in [5.74, 6) is -1.40. The van der Waals surface area contributed by atoms with Crippen molar-refractivity contribution >= 4 is 38.9 Å². The Kier molecular flexibility index (Phi) is 4.91. The van der Waals surface area contributed by atoms with Gasteiger partial charge in [0.1, 0.15) is 5.82 Å². The third kappa shape index (κ3) is 4.00. The number of sulfonamides is 1. The van der Waals surface area contributed by atoms with E-state index in [0.29, 0.717) is 11.4 Å². The molecular weight excluding hydrogens is 343 g/mol. The van der Waals surface area contributed by atoms with Crippen LogP contribution >= 0.6 is 11.6 Å². The average molecular weight is 357 g/mol. The van der Waals surface area contributed by atoms with Gasteiger partial charge >= 0.3 is 0 Å². The summed E-state index contributed by atoms with van der Waals surface area (Å²) in [6, 6.07) is 10.1. The maximum absolute atomic E-state index is 13.7. The van der Waals surface area contributed by atoms with E-state index in [1.54, 1.807) is 0 Å². The molecule has 0 saturated heterocycles. The van der Waals surface area contributed by atoms with Crippen LogP contribution in [0.5, 0.6) is 0 Å². The van der Waals surface area contributed by atoms with Crippen LogP contribution in [-0.2, 0) is 10.0 Å². The largest absolute Gasteiger partial charge is 0.322 e. The number of carbonyl (C=O) groups excluding carboxylic acids is 1. The minimum Gasteiger partial charge on any atom is -0.322 e. The van der Waals surface area contributed by atoms with Crippen molar-refractivity contribution in [3.63, 3.8) is 0 Å².